The molecule has 1 aromatic carbocycles. The molecule has 1 heterocycles. The van der Waals surface area contributed by atoms with E-state index in [1.807, 2.05) is 0 Å². The minimum absolute atomic E-state index is 0.278. The van der Waals surface area contributed by atoms with Crippen molar-refractivity contribution in [3.8, 4) is 0 Å². The molecule has 0 aliphatic carbocycles. The maximum absolute atomic E-state index is 12.0. The number of para-hydroxylation sites is 1. The van der Waals surface area contributed by atoms with Gasteiger partial charge in [-0.2, -0.15) is 0 Å². The van der Waals surface area contributed by atoms with E-state index in [0.29, 0.717) is 22.9 Å². The number of hydrogen-bond donors (Lipinski definition) is 3. The van der Waals surface area contributed by atoms with E-state index in [0.717, 1.165) is 5.56 Å². The molecule has 0 saturated carbocycles. The molecule has 6 heteroatoms. The number of nitrogens with zero attached hydrogens (tertiary/aromatic N) is 1. The normalized spacial score (nSPS) is 10.2. The molecule has 1 aromatic heterocycles. The van der Waals surface area contributed by atoms with Crippen LogP contribution >= 0.6 is 11.6 Å². The van der Waals surface area contributed by atoms with Crippen LogP contribution in [-0.4, -0.2) is 10.9 Å². The van der Waals surface area contributed by atoms with Gasteiger partial charge in [-0.05, 0) is 23.8 Å². The van der Waals surface area contributed by atoms with Gasteiger partial charge in [-0.3, -0.25) is 4.79 Å². The smallest absolute Gasteiger partial charge is 0.253 e. The SMILES string of the molecule is Nc1cccc(C(=O)NCc2ccc(Cl)nc2)c1N. The molecule has 0 aliphatic heterocycles. The standard InChI is InChI=1S/C13H13ClN4O/c14-11-5-4-8(6-17-11)7-18-13(19)9-2-1-3-10(15)12(9)16/h1-6H,7,15-16H2,(H,18,19). The molecule has 5 N–H and O–H groups in total. The fourth-order valence-corrected chi connectivity index (χ4v) is 1.68. The number of nitrogens with two attached hydrogens (primary N) is 2. The van der Waals surface area contributed by atoms with Crippen molar-refractivity contribution in [2.24, 2.45) is 0 Å². The number of amides is 1. The molecule has 5 nitrogen and oxygen atoms in total. The Morgan fingerprint density at radius 3 is 2.74 bits per heavy atom. The molecule has 0 unspecified atom stereocenters. The molecule has 0 spiro atoms. The predicted molar refractivity (Wildman–Crippen MR) is 75.7 cm³/mol. The van der Waals surface area contributed by atoms with E-state index in [2.05, 4.69) is 10.3 Å². The monoisotopic (exact) mass is 276 g/mol. The highest BCUT2D eigenvalue weighted by Crippen LogP contribution is 2.19. The lowest BCUT2D eigenvalue weighted by Gasteiger charge is -2.09. The van der Waals surface area contributed by atoms with Crippen molar-refractivity contribution in [3.63, 3.8) is 0 Å². The van der Waals surface area contributed by atoms with Crippen LogP contribution in [0.2, 0.25) is 5.15 Å². The second-order valence-electron chi connectivity index (χ2n) is 3.98. The molecule has 0 bridgehead atoms. The van der Waals surface area contributed by atoms with Crippen molar-refractivity contribution in [1.82, 2.24) is 10.3 Å². The third-order valence-electron chi connectivity index (χ3n) is 2.63. The van der Waals surface area contributed by atoms with Gasteiger partial charge >= 0.3 is 0 Å². The van der Waals surface area contributed by atoms with Gasteiger partial charge < -0.3 is 16.8 Å². The third kappa shape index (κ3) is 3.14. The van der Waals surface area contributed by atoms with Gasteiger partial charge in [0.05, 0.1) is 16.9 Å². The van der Waals surface area contributed by atoms with Crippen LogP contribution in [0.15, 0.2) is 36.5 Å². The number of rotatable bonds is 3. The maximum atomic E-state index is 12.0. The lowest BCUT2D eigenvalue weighted by Crippen LogP contribution is -2.24. The van der Waals surface area contributed by atoms with Crippen molar-refractivity contribution < 1.29 is 4.79 Å². The van der Waals surface area contributed by atoms with E-state index in [1.165, 1.54) is 0 Å². The average Bonchev–Trinajstić information content (AvgIpc) is 2.41. The highest BCUT2D eigenvalue weighted by Gasteiger charge is 2.10. The Hall–Kier alpha value is -2.27. The number of anilines is 2. The van der Waals surface area contributed by atoms with E-state index < -0.39 is 0 Å². The molecular weight excluding hydrogens is 264 g/mol. The summed E-state index contributed by atoms with van der Waals surface area (Å²) in [5, 5.41) is 3.16. The molecule has 0 atom stereocenters. The van der Waals surface area contributed by atoms with Crippen molar-refractivity contribution in [2.75, 3.05) is 11.5 Å². The summed E-state index contributed by atoms with van der Waals surface area (Å²) in [6.45, 7) is 0.344. The highest BCUT2D eigenvalue weighted by atomic mass is 35.5. The quantitative estimate of drug-likeness (QED) is 0.589. The third-order valence-corrected chi connectivity index (χ3v) is 2.85. The Balaban J connectivity index is 2.05. The summed E-state index contributed by atoms with van der Waals surface area (Å²) in [4.78, 5) is 15.9. The summed E-state index contributed by atoms with van der Waals surface area (Å²) < 4.78 is 0. The lowest BCUT2D eigenvalue weighted by molar-refractivity contribution is 0.0952. The van der Waals surface area contributed by atoms with Crippen LogP contribution < -0.4 is 16.8 Å². The topological polar surface area (TPSA) is 94.0 Å². The lowest BCUT2D eigenvalue weighted by atomic mass is 10.1. The minimum atomic E-state index is -0.278. The van der Waals surface area contributed by atoms with E-state index >= 15 is 0 Å². The number of carbonyl (C=O) groups excluding carboxylic acids is 1. The van der Waals surface area contributed by atoms with Crippen LogP contribution in [0.1, 0.15) is 15.9 Å². The fraction of sp³-hybridized carbons (Fsp3) is 0.0769. The zero-order valence-electron chi connectivity index (χ0n) is 10.1. The zero-order valence-corrected chi connectivity index (χ0v) is 10.8. The van der Waals surface area contributed by atoms with E-state index in [9.17, 15) is 4.79 Å². The number of carbonyl (C=O) groups is 1. The first kappa shape index (κ1) is 13.2. The van der Waals surface area contributed by atoms with Crippen molar-refractivity contribution >= 4 is 28.9 Å². The second-order valence-corrected chi connectivity index (χ2v) is 4.37. The Kier molecular flexibility index (Phi) is 3.87. The van der Waals surface area contributed by atoms with Gasteiger partial charge in [0.1, 0.15) is 5.15 Å². The van der Waals surface area contributed by atoms with Crippen LogP contribution in [0.3, 0.4) is 0 Å². The molecule has 19 heavy (non-hydrogen) atoms. The van der Waals surface area contributed by atoms with Crippen molar-refractivity contribution in [2.45, 2.75) is 6.54 Å². The van der Waals surface area contributed by atoms with Crippen molar-refractivity contribution in [3.05, 3.63) is 52.8 Å². The first-order valence-electron chi connectivity index (χ1n) is 5.60. The molecule has 0 aliphatic rings. The van der Waals surface area contributed by atoms with Gasteiger partial charge in [0.2, 0.25) is 0 Å². The van der Waals surface area contributed by atoms with Gasteiger partial charge in [0, 0.05) is 12.7 Å². The van der Waals surface area contributed by atoms with Crippen molar-refractivity contribution in [1.29, 1.82) is 0 Å². The number of nitrogen functional groups attached to an aromatic ring is 2. The largest absolute Gasteiger partial charge is 0.397 e. The van der Waals surface area contributed by atoms with Crippen LogP contribution in [0, 0.1) is 0 Å². The highest BCUT2D eigenvalue weighted by molar-refractivity contribution is 6.29. The molecule has 2 rings (SSSR count). The van der Waals surface area contributed by atoms with E-state index in [-0.39, 0.29) is 11.6 Å². The molecule has 98 valence electrons. The molecular formula is C13H13ClN4O. The second kappa shape index (κ2) is 5.58. The Bertz CT molecular complexity index is 598. The molecule has 1 amide bonds. The minimum Gasteiger partial charge on any atom is -0.397 e. The average molecular weight is 277 g/mol. The number of hydrogen-bond acceptors (Lipinski definition) is 4. The molecule has 0 radical (unpaired) electrons. The van der Waals surface area contributed by atoms with Crippen LogP contribution in [0.4, 0.5) is 11.4 Å². The molecule has 0 saturated heterocycles. The molecule has 2 aromatic rings. The zero-order chi connectivity index (χ0) is 13.8. The van der Waals surface area contributed by atoms with E-state index in [1.54, 1.807) is 36.5 Å². The first-order valence-corrected chi connectivity index (χ1v) is 5.98. The summed E-state index contributed by atoms with van der Waals surface area (Å²) in [6.07, 6.45) is 1.60. The Morgan fingerprint density at radius 2 is 2.05 bits per heavy atom. The number of nitrogens with one attached hydrogen (secondary N) is 1. The summed E-state index contributed by atoms with van der Waals surface area (Å²) in [5.41, 5.74) is 13.3. The van der Waals surface area contributed by atoms with Crippen LogP contribution in [0.5, 0.6) is 0 Å². The van der Waals surface area contributed by atoms with Crippen LogP contribution in [0.25, 0.3) is 0 Å². The maximum Gasteiger partial charge on any atom is 0.253 e. The van der Waals surface area contributed by atoms with Gasteiger partial charge in [-0.15, -0.1) is 0 Å². The van der Waals surface area contributed by atoms with Gasteiger partial charge in [-0.25, -0.2) is 4.98 Å². The van der Waals surface area contributed by atoms with Gasteiger partial charge in [0.15, 0.2) is 0 Å². The Labute approximate surface area is 115 Å². The first-order chi connectivity index (χ1) is 9.08. The Morgan fingerprint density at radius 1 is 1.26 bits per heavy atom. The summed E-state index contributed by atoms with van der Waals surface area (Å²) in [5.74, 6) is -0.278. The summed E-state index contributed by atoms with van der Waals surface area (Å²) in [7, 11) is 0. The van der Waals surface area contributed by atoms with Gasteiger partial charge in [-0.1, -0.05) is 23.7 Å². The fourth-order valence-electron chi connectivity index (χ4n) is 1.57. The summed E-state index contributed by atoms with van der Waals surface area (Å²) in [6, 6.07) is 8.41. The number of aromatic nitrogens is 1. The number of halogens is 1. The van der Waals surface area contributed by atoms with Crippen LogP contribution in [-0.2, 0) is 6.54 Å². The summed E-state index contributed by atoms with van der Waals surface area (Å²) >= 11 is 5.68. The predicted octanol–water partition coefficient (Wildman–Crippen LogP) is 1.83. The van der Waals surface area contributed by atoms with E-state index in [4.69, 9.17) is 23.1 Å². The number of benzene rings is 1. The number of pyridine rings is 1. The molecule has 0 fully saturated rings. The van der Waals surface area contributed by atoms with Gasteiger partial charge in [0.25, 0.3) is 5.91 Å².